The molecular weight excluding hydrogens is 395 g/mol. The number of anilines is 1. The van der Waals surface area contributed by atoms with Gasteiger partial charge in [0.15, 0.2) is 17.0 Å². The van der Waals surface area contributed by atoms with Crippen molar-refractivity contribution >= 4 is 22.9 Å². The third kappa shape index (κ3) is 4.11. The van der Waals surface area contributed by atoms with Gasteiger partial charge in [-0.15, -0.1) is 0 Å². The molecule has 0 bridgehead atoms. The topological polar surface area (TPSA) is 75.9 Å². The Hall–Kier alpha value is -3.03. The highest BCUT2D eigenvalue weighted by molar-refractivity contribution is 5.85. The number of aromatic nitrogens is 4. The molecule has 31 heavy (non-hydrogen) atoms. The molecule has 0 aliphatic carbocycles. The van der Waals surface area contributed by atoms with E-state index in [2.05, 4.69) is 24.8 Å². The summed E-state index contributed by atoms with van der Waals surface area (Å²) in [6, 6.07) is 6.22. The Bertz CT molecular complexity index is 1080. The third-order valence-electron chi connectivity index (χ3n) is 6.35. The van der Waals surface area contributed by atoms with Crippen molar-refractivity contribution in [2.24, 2.45) is 5.92 Å². The van der Waals surface area contributed by atoms with Gasteiger partial charge in [0.05, 0.1) is 5.92 Å². The zero-order valence-corrected chi connectivity index (χ0v) is 17.6. The normalized spacial score (nSPS) is 19.1. The number of carbonyl (C=O) groups excluding carboxylic acids is 1. The van der Waals surface area contributed by atoms with Gasteiger partial charge in [0.2, 0.25) is 5.91 Å². The minimum absolute atomic E-state index is 0.0277. The Kier molecular flexibility index (Phi) is 5.53. The number of hydrogen-bond acceptors (Lipinski definition) is 5. The van der Waals surface area contributed by atoms with Crippen LogP contribution in [0.2, 0.25) is 0 Å². The van der Waals surface area contributed by atoms with E-state index in [-0.39, 0.29) is 17.6 Å². The van der Waals surface area contributed by atoms with Gasteiger partial charge in [-0.2, -0.15) is 0 Å². The van der Waals surface area contributed by atoms with E-state index in [0.717, 1.165) is 73.6 Å². The van der Waals surface area contributed by atoms with Crippen molar-refractivity contribution in [3.8, 4) is 0 Å². The maximum Gasteiger partial charge on any atom is 0.225 e. The third-order valence-corrected chi connectivity index (χ3v) is 6.35. The highest BCUT2D eigenvalue weighted by Crippen LogP contribution is 2.29. The van der Waals surface area contributed by atoms with Crippen LogP contribution in [0.5, 0.6) is 0 Å². The fraction of sp³-hybridized carbons (Fsp3) is 0.478. The first-order valence-corrected chi connectivity index (χ1v) is 11.2. The van der Waals surface area contributed by atoms with E-state index >= 15 is 0 Å². The molecule has 3 aromatic rings. The number of imidazole rings is 1. The van der Waals surface area contributed by atoms with Crippen LogP contribution < -0.4 is 10.2 Å². The maximum absolute atomic E-state index is 13.1. The van der Waals surface area contributed by atoms with Crippen molar-refractivity contribution in [2.45, 2.75) is 51.6 Å². The average molecular weight is 423 g/mol. The second-order valence-electron chi connectivity index (χ2n) is 8.49. The van der Waals surface area contributed by atoms with Crippen LogP contribution in [0, 0.1) is 11.7 Å². The monoisotopic (exact) mass is 422 g/mol. The van der Waals surface area contributed by atoms with Gasteiger partial charge < -0.3 is 14.8 Å². The number of nitrogens with zero attached hydrogens (tertiary/aromatic N) is 5. The van der Waals surface area contributed by atoms with E-state index in [1.807, 2.05) is 0 Å². The molecule has 7 nitrogen and oxygen atoms in total. The van der Waals surface area contributed by atoms with Crippen molar-refractivity contribution in [2.75, 3.05) is 18.0 Å². The molecule has 1 N–H and O–H groups in total. The highest BCUT2D eigenvalue weighted by atomic mass is 19.1. The quantitative estimate of drug-likeness (QED) is 0.699. The molecule has 2 aromatic heterocycles. The summed E-state index contributed by atoms with van der Waals surface area (Å²) in [5.41, 5.74) is 2.65. The number of benzene rings is 1. The molecule has 1 aromatic carbocycles. The number of fused-ring (bicyclic) bond motifs is 3. The summed E-state index contributed by atoms with van der Waals surface area (Å²) in [5, 5.41) is 3.00. The Morgan fingerprint density at radius 3 is 2.84 bits per heavy atom. The lowest BCUT2D eigenvalue weighted by Crippen LogP contribution is -2.43. The minimum Gasteiger partial charge on any atom is -0.354 e. The van der Waals surface area contributed by atoms with Crippen molar-refractivity contribution in [3.05, 3.63) is 47.8 Å². The number of aryl methyl sites for hydroxylation is 2. The molecule has 5 rings (SSSR count). The van der Waals surface area contributed by atoms with Gasteiger partial charge in [-0.25, -0.2) is 19.3 Å². The van der Waals surface area contributed by atoms with E-state index in [9.17, 15) is 9.18 Å². The molecule has 162 valence electrons. The molecular formula is C23H27FN6O. The number of rotatable bonds is 4. The molecule has 1 amide bonds. The van der Waals surface area contributed by atoms with Gasteiger partial charge >= 0.3 is 0 Å². The fourth-order valence-corrected chi connectivity index (χ4v) is 4.68. The van der Waals surface area contributed by atoms with Gasteiger partial charge in [-0.05, 0) is 43.4 Å². The summed E-state index contributed by atoms with van der Waals surface area (Å²) in [6.07, 6.45) is 7.90. The Morgan fingerprint density at radius 2 is 1.97 bits per heavy atom. The van der Waals surface area contributed by atoms with E-state index in [4.69, 9.17) is 4.98 Å². The van der Waals surface area contributed by atoms with E-state index < -0.39 is 0 Å². The molecule has 0 unspecified atom stereocenters. The lowest BCUT2D eigenvalue weighted by Gasteiger charge is -2.32. The van der Waals surface area contributed by atoms with Crippen LogP contribution in [-0.2, 0) is 24.3 Å². The van der Waals surface area contributed by atoms with E-state index in [1.165, 1.54) is 18.6 Å². The summed E-state index contributed by atoms with van der Waals surface area (Å²) >= 11 is 0. The predicted octanol–water partition coefficient (Wildman–Crippen LogP) is 3.22. The summed E-state index contributed by atoms with van der Waals surface area (Å²) in [4.78, 5) is 29.0. The molecule has 0 spiro atoms. The standard InChI is InChI=1S/C23H27FN6O/c24-18-9-7-16(8-10-18)13-25-23(31)17-5-4-11-29(14-17)21-20-22(27-15-26-21)30-12-3-1-2-6-19(30)28-20/h7-10,15,17H,1-6,11-14H2,(H,25,31)/t17-/m0/s1. The molecule has 8 heteroatoms. The van der Waals surface area contributed by atoms with E-state index in [0.29, 0.717) is 13.1 Å². The number of carbonyl (C=O) groups is 1. The summed E-state index contributed by atoms with van der Waals surface area (Å²) < 4.78 is 15.3. The van der Waals surface area contributed by atoms with Crippen LogP contribution >= 0.6 is 0 Å². The second-order valence-corrected chi connectivity index (χ2v) is 8.49. The van der Waals surface area contributed by atoms with Gasteiger partial charge in [-0.3, -0.25) is 4.79 Å². The van der Waals surface area contributed by atoms with Gasteiger partial charge in [-0.1, -0.05) is 18.6 Å². The first-order chi connectivity index (χ1) is 15.2. The molecule has 1 fully saturated rings. The number of nitrogens with one attached hydrogen (secondary N) is 1. The van der Waals surface area contributed by atoms with Gasteiger partial charge in [0.1, 0.15) is 18.0 Å². The molecule has 2 aliphatic rings. The lowest BCUT2D eigenvalue weighted by molar-refractivity contribution is -0.125. The first-order valence-electron chi connectivity index (χ1n) is 11.2. The van der Waals surface area contributed by atoms with Crippen LogP contribution in [0.1, 0.15) is 43.5 Å². The molecule has 1 atom stereocenters. The van der Waals surface area contributed by atoms with Crippen molar-refractivity contribution in [1.82, 2.24) is 24.8 Å². The van der Waals surface area contributed by atoms with Crippen molar-refractivity contribution in [1.29, 1.82) is 0 Å². The molecule has 2 aliphatic heterocycles. The molecule has 0 radical (unpaired) electrons. The number of piperidine rings is 1. The average Bonchev–Trinajstić information content (AvgIpc) is 2.99. The zero-order valence-electron chi connectivity index (χ0n) is 17.6. The molecule has 4 heterocycles. The number of halogens is 1. The maximum atomic E-state index is 13.1. The fourth-order valence-electron chi connectivity index (χ4n) is 4.68. The number of hydrogen-bond donors (Lipinski definition) is 1. The largest absolute Gasteiger partial charge is 0.354 e. The summed E-state index contributed by atoms with van der Waals surface area (Å²) in [7, 11) is 0. The van der Waals surface area contributed by atoms with Crippen molar-refractivity contribution in [3.63, 3.8) is 0 Å². The Morgan fingerprint density at radius 1 is 1.10 bits per heavy atom. The molecule has 1 saturated heterocycles. The Balaban J connectivity index is 1.31. The summed E-state index contributed by atoms with van der Waals surface area (Å²) in [6.45, 7) is 2.83. The smallest absolute Gasteiger partial charge is 0.225 e. The van der Waals surface area contributed by atoms with E-state index in [1.54, 1.807) is 18.5 Å². The predicted molar refractivity (Wildman–Crippen MR) is 116 cm³/mol. The minimum atomic E-state index is -0.272. The highest BCUT2D eigenvalue weighted by Gasteiger charge is 2.29. The van der Waals surface area contributed by atoms with Crippen LogP contribution in [0.3, 0.4) is 0 Å². The van der Waals surface area contributed by atoms with Crippen LogP contribution in [0.25, 0.3) is 11.2 Å². The van der Waals surface area contributed by atoms with Crippen molar-refractivity contribution < 1.29 is 9.18 Å². The van der Waals surface area contributed by atoms with Gasteiger partial charge in [0, 0.05) is 32.6 Å². The van der Waals surface area contributed by atoms with Crippen LogP contribution in [0.4, 0.5) is 10.2 Å². The van der Waals surface area contributed by atoms with Crippen LogP contribution in [0.15, 0.2) is 30.6 Å². The molecule has 0 saturated carbocycles. The lowest BCUT2D eigenvalue weighted by atomic mass is 9.97. The SMILES string of the molecule is O=C(NCc1ccc(F)cc1)[C@H]1CCCN(c2ncnc3c2nc2n3CCCCC2)C1. The number of amides is 1. The van der Waals surface area contributed by atoms with Gasteiger partial charge in [0.25, 0.3) is 0 Å². The first kappa shape index (κ1) is 19.9. The zero-order chi connectivity index (χ0) is 21.2. The van der Waals surface area contributed by atoms with Crippen LogP contribution in [-0.4, -0.2) is 38.5 Å². The second kappa shape index (κ2) is 8.61. The Labute approximate surface area is 180 Å². The summed E-state index contributed by atoms with van der Waals surface area (Å²) in [5.74, 6) is 1.58.